The third-order valence-electron chi connectivity index (χ3n) is 7.22. The second-order valence-corrected chi connectivity index (χ2v) is 10.3. The fraction of sp³-hybridized carbons (Fsp3) is 0.400. The Balaban J connectivity index is 1.77. The van der Waals surface area contributed by atoms with E-state index in [1.807, 2.05) is 77.9 Å². The predicted octanol–water partition coefficient (Wildman–Crippen LogP) is 5.49. The SMILES string of the molecule is Cc1cc(C)c(O)c(N2CCN(c3cc(C)cc(C)c3O)CCN(c3cc(C)cc(C)c3O)CC2)c1. The van der Waals surface area contributed by atoms with Crippen molar-refractivity contribution in [3.05, 3.63) is 69.8 Å². The second kappa shape index (κ2) is 10.2. The molecule has 0 spiro atoms. The molecule has 0 unspecified atom stereocenters. The van der Waals surface area contributed by atoms with Gasteiger partial charge in [-0.25, -0.2) is 0 Å². The molecule has 3 aromatic carbocycles. The molecule has 1 saturated heterocycles. The van der Waals surface area contributed by atoms with E-state index in [1.54, 1.807) is 0 Å². The molecular weight excluding hydrogens is 450 g/mol. The molecule has 6 nitrogen and oxygen atoms in total. The van der Waals surface area contributed by atoms with Crippen LogP contribution in [0.1, 0.15) is 33.4 Å². The van der Waals surface area contributed by atoms with E-state index >= 15 is 0 Å². The first-order chi connectivity index (χ1) is 17.0. The summed E-state index contributed by atoms with van der Waals surface area (Å²) in [6, 6.07) is 12.1. The molecule has 6 heteroatoms. The molecule has 3 N–H and O–H groups in total. The Kier molecular flexibility index (Phi) is 7.25. The summed E-state index contributed by atoms with van der Waals surface area (Å²) in [6.45, 7) is 16.1. The van der Waals surface area contributed by atoms with Gasteiger partial charge >= 0.3 is 0 Å². The molecule has 0 amide bonds. The van der Waals surface area contributed by atoms with Crippen LogP contribution in [0.2, 0.25) is 0 Å². The highest BCUT2D eigenvalue weighted by molar-refractivity contribution is 5.67. The molecule has 1 aliphatic rings. The molecule has 3 aromatic rings. The van der Waals surface area contributed by atoms with Crippen LogP contribution in [-0.2, 0) is 0 Å². The third-order valence-corrected chi connectivity index (χ3v) is 7.22. The van der Waals surface area contributed by atoms with Gasteiger partial charge in [-0.3, -0.25) is 0 Å². The van der Waals surface area contributed by atoms with Gasteiger partial charge in [-0.1, -0.05) is 18.2 Å². The summed E-state index contributed by atoms with van der Waals surface area (Å²) in [5.74, 6) is 0.921. The van der Waals surface area contributed by atoms with Crippen molar-refractivity contribution in [2.24, 2.45) is 0 Å². The zero-order valence-electron chi connectivity index (χ0n) is 22.4. The van der Waals surface area contributed by atoms with Gasteiger partial charge in [-0.15, -0.1) is 0 Å². The Morgan fingerprint density at radius 2 is 0.639 bits per heavy atom. The summed E-state index contributed by atoms with van der Waals surface area (Å²) in [7, 11) is 0. The van der Waals surface area contributed by atoms with E-state index < -0.39 is 0 Å². The van der Waals surface area contributed by atoms with E-state index in [4.69, 9.17) is 0 Å². The Bertz CT molecular complexity index is 1100. The molecule has 0 radical (unpaired) electrons. The highest BCUT2D eigenvalue weighted by Gasteiger charge is 2.23. The van der Waals surface area contributed by atoms with Crippen molar-refractivity contribution in [2.45, 2.75) is 41.5 Å². The topological polar surface area (TPSA) is 70.4 Å². The zero-order valence-corrected chi connectivity index (χ0v) is 22.4. The highest BCUT2D eigenvalue weighted by Crippen LogP contribution is 2.36. The van der Waals surface area contributed by atoms with Crippen molar-refractivity contribution in [3.8, 4) is 17.2 Å². The van der Waals surface area contributed by atoms with E-state index in [1.165, 1.54) is 0 Å². The number of phenolic OH excluding ortho intramolecular Hbond substituents is 3. The minimum atomic E-state index is 0.307. The lowest BCUT2D eigenvalue weighted by atomic mass is 10.1. The van der Waals surface area contributed by atoms with Gasteiger partial charge in [0.1, 0.15) is 17.2 Å². The number of hydrogen-bond acceptors (Lipinski definition) is 6. The van der Waals surface area contributed by atoms with Crippen LogP contribution >= 0.6 is 0 Å². The van der Waals surface area contributed by atoms with Gasteiger partial charge in [-0.2, -0.15) is 0 Å². The first-order valence-corrected chi connectivity index (χ1v) is 12.7. The van der Waals surface area contributed by atoms with Gasteiger partial charge < -0.3 is 30.0 Å². The maximum absolute atomic E-state index is 11.0. The molecule has 0 bridgehead atoms. The smallest absolute Gasteiger partial charge is 0.141 e. The van der Waals surface area contributed by atoms with Crippen LogP contribution in [0.3, 0.4) is 0 Å². The molecule has 0 aliphatic carbocycles. The Hall–Kier alpha value is -3.54. The van der Waals surface area contributed by atoms with Crippen LogP contribution in [0.15, 0.2) is 36.4 Å². The molecule has 1 heterocycles. The van der Waals surface area contributed by atoms with Crippen molar-refractivity contribution in [1.82, 2.24) is 0 Å². The fourth-order valence-electron chi connectivity index (χ4n) is 5.32. The average Bonchev–Trinajstić information content (AvgIpc) is 2.91. The van der Waals surface area contributed by atoms with E-state index in [0.29, 0.717) is 56.5 Å². The van der Waals surface area contributed by atoms with E-state index in [9.17, 15) is 15.3 Å². The van der Waals surface area contributed by atoms with Gasteiger partial charge in [0.25, 0.3) is 0 Å². The number of phenols is 3. The first-order valence-electron chi connectivity index (χ1n) is 12.7. The Morgan fingerprint density at radius 1 is 0.417 bits per heavy atom. The van der Waals surface area contributed by atoms with Crippen LogP contribution in [0, 0.1) is 41.5 Å². The maximum atomic E-state index is 11.0. The molecule has 0 saturated carbocycles. The molecule has 0 atom stereocenters. The number of benzene rings is 3. The average molecular weight is 490 g/mol. The number of aromatic hydroxyl groups is 3. The summed E-state index contributed by atoms with van der Waals surface area (Å²) < 4.78 is 0. The van der Waals surface area contributed by atoms with Crippen LogP contribution in [0.4, 0.5) is 17.1 Å². The summed E-state index contributed by atoms with van der Waals surface area (Å²) >= 11 is 0. The fourth-order valence-corrected chi connectivity index (χ4v) is 5.32. The van der Waals surface area contributed by atoms with Gasteiger partial charge in [-0.05, 0) is 93.1 Å². The summed E-state index contributed by atoms with van der Waals surface area (Å²) in [5, 5.41) is 32.9. The van der Waals surface area contributed by atoms with Crippen molar-refractivity contribution in [1.29, 1.82) is 0 Å². The molecule has 1 aliphatic heterocycles. The monoisotopic (exact) mass is 489 g/mol. The van der Waals surface area contributed by atoms with Gasteiger partial charge in [0.15, 0.2) is 0 Å². The number of hydrogen-bond donors (Lipinski definition) is 3. The summed E-state index contributed by atoms with van der Waals surface area (Å²) in [4.78, 5) is 6.67. The molecule has 4 rings (SSSR count). The standard InChI is InChI=1S/C30H39N3O3/c1-19-13-22(4)28(34)25(16-19)31-7-9-32(26-17-20(2)14-23(5)29(26)35)11-12-33(10-8-31)27-18-21(3)15-24(6)30(27)36/h13-18,34-36H,7-12H2,1-6H3. The number of aryl methyl sites for hydroxylation is 6. The third kappa shape index (κ3) is 5.18. The van der Waals surface area contributed by atoms with Crippen molar-refractivity contribution in [3.63, 3.8) is 0 Å². The molecular formula is C30H39N3O3. The predicted molar refractivity (Wildman–Crippen MR) is 149 cm³/mol. The van der Waals surface area contributed by atoms with Crippen molar-refractivity contribution in [2.75, 3.05) is 54.0 Å². The zero-order chi connectivity index (χ0) is 26.1. The quantitative estimate of drug-likeness (QED) is 0.452. The minimum absolute atomic E-state index is 0.307. The largest absolute Gasteiger partial charge is 0.505 e. The lowest BCUT2D eigenvalue weighted by Crippen LogP contribution is -2.36. The molecule has 192 valence electrons. The highest BCUT2D eigenvalue weighted by atomic mass is 16.3. The van der Waals surface area contributed by atoms with Crippen LogP contribution in [-0.4, -0.2) is 54.6 Å². The van der Waals surface area contributed by atoms with Crippen molar-refractivity contribution >= 4 is 17.1 Å². The Morgan fingerprint density at radius 3 is 0.861 bits per heavy atom. The van der Waals surface area contributed by atoms with E-state index in [2.05, 4.69) is 14.7 Å². The summed E-state index contributed by atoms with van der Waals surface area (Å²) in [5.41, 5.74) is 8.36. The molecule has 1 fully saturated rings. The van der Waals surface area contributed by atoms with Gasteiger partial charge in [0.05, 0.1) is 17.1 Å². The normalized spacial score (nSPS) is 15.0. The summed E-state index contributed by atoms with van der Waals surface area (Å²) in [6.07, 6.45) is 0. The lowest BCUT2D eigenvalue weighted by Gasteiger charge is -2.30. The second-order valence-electron chi connectivity index (χ2n) is 10.3. The Labute approximate surface area is 215 Å². The van der Waals surface area contributed by atoms with Gasteiger partial charge in [0.2, 0.25) is 0 Å². The molecule has 36 heavy (non-hydrogen) atoms. The number of anilines is 3. The van der Waals surface area contributed by atoms with E-state index in [-0.39, 0.29) is 0 Å². The van der Waals surface area contributed by atoms with Crippen molar-refractivity contribution < 1.29 is 15.3 Å². The van der Waals surface area contributed by atoms with Crippen LogP contribution in [0.25, 0.3) is 0 Å². The lowest BCUT2D eigenvalue weighted by molar-refractivity contribution is 0.467. The van der Waals surface area contributed by atoms with E-state index in [0.717, 1.165) is 50.4 Å². The number of nitrogens with zero attached hydrogens (tertiary/aromatic N) is 3. The van der Waals surface area contributed by atoms with Crippen LogP contribution in [0.5, 0.6) is 17.2 Å². The number of rotatable bonds is 3. The molecule has 0 aromatic heterocycles. The van der Waals surface area contributed by atoms with Gasteiger partial charge in [0, 0.05) is 39.3 Å². The van der Waals surface area contributed by atoms with Crippen LogP contribution < -0.4 is 14.7 Å². The minimum Gasteiger partial charge on any atom is -0.505 e. The first kappa shape index (κ1) is 25.5. The maximum Gasteiger partial charge on any atom is 0.141 e.